The average molecular weight is 318 g/mol. The predicted octanol–water partition coefficient (Wildman–Crippen LogP) is 2.71. The molecular formula is C15H12F2N4O2. The lowest BCUT2D eigenvalue weighted by molar-refractivity contribution is 0.0817. The largest absolute Gasteiger partial charge is 0.354 e. The van der Waals surface area contributed by atoms with E-state index in [2.05, 4.69) is 15.1 Å². The molecule has 1 N–H and O–H groups in total. The van der Waals surface area contributed by atoms with Gasteiger partial charge in [-0.2, -0.15) is 0 Å². The number of aromatic amines is 1. The highest BCUT2D eigenvalue weighted by Gasteiger charge is 2.21. The number of carbonyl (C=O) groups is 1. The summed E-state index contributed by atoms with van der Waals surface area (Å²) in [5.41, 5.74) is 0.522. The lowest BCUT2D eigenvalue weighted by Gasteiger charge is -2.06. The number of nitrogens with one attached hydrogen (secondary N) is 1. The number of hydrogen-bond donors (Lipinski definition) is 1. The maximum absolute atomic E-state index is 14.0. The van der Waals surface area contributed by atoms with Gasteiger partial charge >= 0.3 is 0 Å². The van der Waals surface area contributed by atoms with Gasteiger partial charge in [0.2, 0.25) is 0 Å². The van der Waals surface area contributed by atoms with E-state index >= 15 is 0 Å². The van der Waals surface area contributed by atoms with Crippen molar-refractivity contribution in [2.24, 2.45) is 0 Å². The van der Waals surface area contributed by atoms with E-state index in [1.54, 1.807) is 14.1 Å². The smallest absolute Gasteiger partial charge is 0.289 e. The first-order valence-electron chi connectivity index (χ1n) is 6.65. The van der Waals surface area contributed by atoms with Gasteiger partial charge in [0.05, 0.1) is 11.8 Å². The Hall–Kier alpha value is -3.03. The van der Waals surface area contributed by atoms with E-state index in [4.69, 9.17) is 4.52 Å². The molecule has 0 radical (unpaired) electrons. The molecule has 0 bridgehead atoms. The van der Waals surface area contributed by atoms with Crippen molar-refractivity contribution in [1.29, 1.82) is 0 Å². The van der Waals surface area contributed by atoms with Crippen LogP contribution < -0.4 is 0 Å². The summed E-state index contributed by atoms with van der Waals surface area (Å²) in [7, 11) is 3.18. The second-order valence-corrected chi connectivity index (χ2v) is 5.00. The van der Waals surface area contributed by atoms with Gasteiger partial charge in [-0.15, -0.1) is 0 Å². The van der Waals surface area contributed by atoms with Crippen molar-refractivity contribution in [3.8, 4) is 22.6 Å². The first-order chi connectivity index (χ1) is 11.0. The molecule has 2 heterocycles. The molecule has 8 heteroatoms. The van der Waals surface area contributed by atoms with Crippen LogP contribution in [0.4, 0.5) is 8.78 Å². The summed E-state index contributed by atoms with van der Waals surface area (Å²) in [6.45, 7) is 0. The Morgan fingerprint density at radius 3 is 2.78 bits per heavy atom. The number of hydrogen-bond acceptors (Lipinski definition) is 4. The van der Waals surface area contributed by atoms with E-state index < -0.39 is 11.6 Å². The molecule has 118 valence electrons. The monoisotopic (exact) mass is 318 g/mol. The van der Waals surface area contributed by atoms with Crippen LogP contribution in [0.25, 0.3) is 22.6 Å². The van der Waals surface area contributed by atoms with Gasteiger partial charge in [0.15, 0.2) is 23.2 Å². The van der Waals surface area contributed by atoms with E-state index in [9.17, 15) is 13.6 Å². The van der Waals surface area contributed by atoms with E-state index in [1.165, 1.54) is 29.4 Å². The maximum atomic E-state index is 14.0. The average Bonchev–Trinajstić information content (AvgIpc) is 3.17. The third kappa shape index (κ3) is 2.59. The molecule has 23 heavy (non-hydrogen) atoms. The molecule has 1 amide bonds. The predicted molar refractivity (Wildman–Crippen MR) is 77.5 cm³/mol. The van der Waals surface area contributed by atoms with Crippen molar-refractivity contribution in [2.75, 3.05) is 14.1 Å². The van der Waals surface area contributed by atoms with Gasteiger partial charge in [-0.05, 0) is 6.07 Å². The summed E-state index contributed by atoms with van der Waals surface area (Å²) in [6, 6.07) is 3.82. The number of nitrogens with zero attached hydrogens (tertiary/aromatic N) is 3. The Kier molecular flexibility index (Phi) is 3.65. The van der Waals surface area contributed by atoms with Gasteiger partial charge in [-0.3, -0.25) is 4.79 Å². The number of rotatable bonds is 3. The lowest BCUT2D eigenvalue weighted by Crippen LogP contribution is -2.22. The highest BCUT2D eigenvalue weighted by atomic mass is 19.2. The number of amides is 1. The summed E-state index contributed by atoms with van der Waals surface area (Å²) in [5.74, 6) is -2.05. The molecule has 6 nitrogen and oxygen atoms in total. The second kappa shape index (κ2) is 5.64. The molecule has 0 unspecified atom stereocenters. The van der Waals surface area contributed by atoms with Crippen LogP contribution in [0, 0.1) is 11.6 Å². The molecule has 0 saturated carbocycles. The minimum absolute atomic E-state index is 0.00439. The van der Waals surface area contributed by atoms with Crippen LogP contribution in [0.5, 0.6) is 0 Å². The molecule has 0 saturated heterocycles. The molecule has 0 spiro atoms. The fourth-order valence-corrected chi connectivity index (χ4v) is 2.09. The van der Waals surface area contributed by atoms with Crippen LogP contribution in [0.3, 0.4) is 0 Å². The number of aromatic nitrogens is 3. The maximum Gasteiger partial charge on any atom is 0.289 e. The van der Waals surface area contributed by atoms with E-state index in [0.29, 0.717) is 0 Å². The number of imidazole rings is 1. The highest BCUT2D eigenvalue weighted by Crippen LogP contribution is 2.33. The minimum atomic E-state index is -1.00. The Bertz CT molecular complexity index is 870. The van der Waals surface area contributed by atoms with Gasteiger partial charge in [0.25, 0.3) is 5.91 Å². The molecule has 0 atom stereocenters. The number of benzene rings is 1. The zero-order valence-corrected chi connectivity index (χ0v) is 12.3. The van der Waals surface area contributed by atoms with Crippen molar-refractivity contribution in [3.05, 3.63) is 48.1 Å². The van der Waals surface area contributed by atoms with Gasteiger partial charge in [-0.25, -0.2) is 13.8 Å². The summed E-state index contributed by atoms with van der Waals surface area (Å²) >= 11 is 0. The van der Waals surface area contributed by atoms with Crippen molar-refractivity contribution >= 4 is 5.91 Å². The Morgan fingerprint density at radius 1 is 1.26 bits per heavy atom. The summed E-state index contributed by atoms with van der Waals surface area (Å²) < 4.78 is 32.5. The minimum Gasteiger partial charge on any atom is -0.354 e. The number of halogens is 2. The second-order valence-electron chi connectivity index (χ2n) is 5.00. The van der Waals surface area contributed by atoms with E-state index in [0.717, 1.165) is 6.07 Å². The van der Waals surface area contributed by atoms with Gasteiger partial charge in [0.1, 0.15) is 5.69 Å². The summed E-state index contributed by atoms with van der Waals surface area (Å²) in [4.78, 5) is 20.1. The SMILES string of the molecule is CN(C)C(=O)c1nc(-c2oncc2-c2cccc(F)c2F)c[nH]1. The first-order valence-corrected chi connectivity index (χ1v) is 6.65. The van der Waals surface area contributed by atoms with Crippen LogP contribution in [-0.2, 0) is 0 Å². The van der Waals surface area contributed by atoms with Crippen LogP contribution in [0.1, 0.15) is 10.6 Å². The number of carbonyl (C=O) groups excluding carboxylic acids is 1. The van der Waals surface area contributed by atoms with Crippen LogP contribution in [0.15, 0.2) is 35.1 Å². The number of H-pyrrole nitrogens is 1. The van der Waals surface area contributed by atoms with Crippen LogP contribution in [0.2, 0.25) is 0 Å². The normalized spacial score (nSPS) is 10.8. The molecule has 3 aromatic rings. The van der Waals surface area contributed by atoms with Crippen molar-refractivity contribution in [1.82, 2.24) is 20.0 Å². The fraction of sp³-hybridized carbons (Fsp3) is 0.133. The van der Waals surface area contributed by atoms with Gasteiger partial charge < -0.3 is 14.4 Å². The molecule has 0 aliphatic heterocycles. The fourth-order valence-electron chi connectivity index (χ4n) is 2.09. The Balaban J connectivity index is 2.05. The molecule has 0 fully saturated rings. The standard InChI is InChI=1S/C15H12F2N4O2/c1-21(2)15(22)14-18-7-11(20-14)13-9(6-19-23-13)8-4-3-5-10(16)12(8)17/h3-7H,1-2H3,(H,18,20). The first kappa shape index (κ1) is 14.9. The van der Waals surface area contributed by atoms with E-state index in [1.807, 2.05) is 0 Å². The van der Waals surface area contributed by atoms with Crippen LogP contribution in [-0.4, -0.2) is 40.0 Å². The third-order valence-electron chi connectivity index (χ3n) is 3.23. The molecule has 0 aliphatic carbocycles. The summed E-state index contributed by atoms with van der Waals surface area (Å²) in [6.07, 6.45) is 2.72. The van der Waals surface area contributed by atoms with Crippen molar-refractivity contribution in [2.45, 2.75) is 0 Å². The molecule has 2 aromatic heterocycles. The van der Waals surface area contributed by atoms with Crippen molar-refractivity contribution < 1.29 is 18.1 Å². The van der Waals surface area contributed by atoms with E-state index in [-0.39, 0.29) is 34.3 Å². The molecule has 3 rings (SSSR count). The Morgan fingerprint density at radius 2 is 2.04 bits per heavy atom. The third-order valence-corrected chi connectivity index (χ3v) is 3.23. The zero-order chi connectivity index (χ0) is 16.6. The Labute approximate surface area is 129 Å². The zero-order valence-electron chi connectivity index (χ0n) is 12.3. The van der Waals surface area contributed by atoms with Gasteiger partial charge in [-0.1, -0.05) is 17.3 Å². The van der Waals surface area contributed by atoms with Crippen molar-refractivity contribution in [3.63, 3.8) is 0 Å². The molecular weight excluding hydrogens is 306 g/mol. The molecule has 1 aromatic carbocycles. The van der Waals surface area contributed by atoms with Crippen LogP contribution >= 0.6 is 0 Å². The topological polar surface area (TPSA) is 75.0 Å². The summed E-state index contributed by atoms with van der Waals surface area (Å²) in [5, 5.41) is 3.62. The van der Waals surface area contributed by atoms with Gasteiger partial charge in [0, 0.05) is 25.9 Å². The lowest BCUT2D eigenvalue weighted by atomic mass is 10.1. The quantitative estimate of drug-likeness (QED) is 0.805. The molecule has 0 aliphatic rings. The highest BCUT2D eigenvalue weighted by molar-refractivity contribution is 5.91.